The first kappa shape index (κ1) is 9.44. The lowest BCUT2D eigenvalue weighted by atomic mass is 10.1. The zero-order valence-electron chi connectivity index (χ0n) is 7.11. The monoisotopic (exact) mass is 224 g/mol. The Morgan fingerprint density at radius 2 is 1.71 bits per heavy atom. The van der Waals surface area contributed by atoms with Crippen molar-refractivity contribution in [3.63, 3.8) is 0 Å². The highest BCUT2D eigenvalue weighted by atomic mass is 35.5. The summed E-state index contributed by atoms with van der Waals surface area (Å²) < 4.78 is 0. The Morgan fingerprint density at radius 3 is 2.36 bits per heavy atom. The summed E-state index contributed by atoms with van der Waals surface area (Å²) in [6.45, 7) is 0. The first-order chi connectivity index (χ1) is 6.77. The van der Waals surface area contributed by atoms with Crippen LogP contribution in [0.3, 0.4) is 0 Å². The Balaban J connectivity index is 2.48. The van der Waals surface area contributed by atoms with Crippen molar-refractivity contribution in [3.8, 4) is 11.1 Å². The maximum atomic E-state index is 5.85. The highest BCUT2D eigenvalue weighted by Gasteiger charge is 2.02. The van der Waals surface area contributed by atoms with Gasteiger partial charge in [-0.15, -0.1) is 0 Å². The number of pyridine rings is 2. The van der Waals surface area contributed by atoms with Crippen molar-refractivity contribution in [2.45, 2.75) is 0 Å². The molecule has 0 amide bonds. The zero-order valence-corrected chi connectivity index (χ0v) is 8.63. The Labute approximate surface area is 91.5 Å². The van der Waals surface area contributed by atoms with Gasteiger partial charge in [-0.05, 0) is 23.8 Å². The zero-order chi connectivity index (χ0) is 9.97. The molecule has 0 saturated carbocycles. The maximum absolute atomic E-state index is 5.85. The van der Waals surface area contributed by atoms with E-state index in [1.165, 1.54) is 0 Å². The van der Waals surface area contributed by atoms with Crippen LogP contribution in [-0.4, -0.2) is 9.97 Å². The summed E-state index contributed by atoms with van der Waals surface area (Å²) in [6.07, 6.45) is 5.12. The molecule has 0 spiro atoms. The van der Waals surface area contributed by atoms with Crippen LogP contribution in [0.15, 0.2) is 36.8 Å². The van der Waals surface area contributed by atoms with Crippen molar-refractivity contribution < 1.29 is 0 Å². The largest absolute Gasteiger partial charge is 0.265 e. The fourth-order valence-corrected chi connectivity index (χ4v) is 1.39. The molecule has 0 aliphatic heterocycles. The van der Waals surface area contributed by atoms with Crippen LogP contribution in [-0.2, 0) is 0 Å². The van der Waals surface area contributed by atoms with E-state index in [1.54, 1.807) is 24.7 Å². The Bertz CT molecular complexity index is 443. The molecule has 2 rings (SSSR count). The summed E-state index contributed by atoms with van der Waals surface area (Å²) in [7, 11) is 0. The third-order valence-corrected chi connectivity index (χ3v) is 2.50. The summed E-state index contributed by atoms with van der Waals surface area (Å²) in [5, 5.41) is 0.783. The molecule has 0 bridgehead atoms. The molecule has 4 heteroatoms. The van der Waals surface area contributed by atoms with Crippen LogP contribution in [0.5, 0.6) is 0 Å². The fraction of sp³-hybridized carbons (Fsp3) is 0. The van der Waals surface area contributed by atoms with E-state index in [9.17, 15) is 0 Å². The van der Waals surface area contributed by atoms with E-state index in [0.29, 0.717) is 10.2 Å². The maximum Gasteiger partial charge on any atom is 0.147 e. The normalized spacial score (nSPS) is 10.1. The quantitative estimate of drug-likeness (QED) is 0.694. The van der Waals surface area contributed by atoms with E-state index in [1.807, 2.05) is 12.1 Å². The molecule has 2 heterocycles. The molecule has 2 nitrogen and oxygen atoms in total. The van der Waals surface area contributed by atoms with Gasteiger partial charge in [0.1, 0.15) is 5.15 Å². The van der Waals surface area contributed by atoms with E-state index in [4.69, 9.17) is 23.2 Å². The molecule has 70 valence electrons. The average molecular weight is 225 g/mol. The predicted octanol–water partition coefficient (Wildman–Crippen LogP) is 3.45. The minimum atomic E-state index is 0.324. The summed E-state index contributed by atoms with van der Waals surface area (Å²) in [6, 6.07) is 5.56. The number of halogens is 2. The smallest absolute Gasteiger partial charge is 0.147 e. The van der Waals surface area contributed by atoms with E-state index >= 15 is 0 Å². The van der Waals surface area contributed by atoms with Gasteiger partial charge in [0.15, 0.2) is 0 Å². The molecule has 0 radical (unpaired) electrons. The molecule has 0 saturated heterocycles. The van der Waals surface area contributed by atoms with Gasteiger partial charge < -0.3 is 0 Å². The van der Waals surface area contributed by atoms with Crippen LogP contribution in [0.25, 0.3) is 11.1 Å². The first-order valence-electron chi connectivity index (χ1n) is 3.99. The second-order valence-corrected chi connectivity index (χ2v) is 3.50. The molecule has 0 atom stereocenters. The van der Waals surface area contributed by atoms with E-state index in [2.05, 4.69) is 9.97 Å². The molecular formula is C10H6Cl2N2. The second-order valence-electron chi connectivity index (χ2n) is 2.73. The number of rotatable bonds is 1. The molecule has 0 fully saturated rings. The number of hydrogen-bond donors (Lipinski definition) is 0. The standard InChI is InChI=1S/C10H6Cl2N2/c11-9-5-8(6-14-10(9)12)7-1-3-13-4-2-7/h1-6H. The second kappa shape index (κ2) is 3.95. The molecule has 0 aromatic carbocycles. The molecule has 14 heavy (non-hydrogen) atoms. The average Bonchev–Trinajstić information content (AvgIpc) is 2.23. The molecule has 0 aliphatic carbocycles. The van der Waals surface area contributed by atoms with Gasteiger partial charge in [0.05, 0.1) is 5.02 Å². The Hall–Kier alpha value is -1.12. The van der Waals surface area contributed by atoms with Crippen molar-refractivity contribution >= 4 is 23.2 Å². The van der Waals surface area contributed by atoms with Gasteiger partial charge >= 0.3 is 0 Å². The van der Waals surface area contributed by atoms with Crippen LogP contribution in [0.4, 0.5) is 0 Å². The van der Waals surface area contributed by atoms with Crippen molar-refractivity contribution in [3.05, 3.63) is 47.0 Å². The van der Waals surface area contributed by atoms with Crippen molar-refractivity contribution in [1.82, 2.24) is 9.97 Å². The molecule has 2 aromatic rings. The summed E-state index contributed by atoms with van der Waals surface area (Å²) >= 11 is 11.6. The van der Waals surface area contributed by atoms with Gasteiger partial charge in [-0.2, -0.15) is 0 Å². The van der Waals surface area contributed by atoms with Crippen LogP contribution in [0, 0.1) is 0 Å². The Morgan fingerprint density at radius 1 is 1.00 bits per heavy atom. The fourth-order valence-electron chi connectivity index (χ4n) is 1.12. The van der Waals surface area contributed by atoms with Crippen LogP contribution in [0.2, 0.25) is 10.2 Å². The summed E-state index contributed by atoms with van der Waals surface area (Å²) in [4.78, 5) is 7.90. The van der Waals surface area contributed by atoms with Crippen LogP contribution in [0.1, 0.15) is 0 Å². The third-order valence-electron chi connectivity index (χ3n) is 1.81. The van der Waals surface area contributed by atoms with Crippen LogP contribution >= 0.6 is 23.2 Å². The summed E-state index contributed by atoms with van der Waals surface area (Å²) in [5.41, 5.74) is 1.95. The Kier molecular flexibility index (Phi) is 2.66. The SMILES string of the molecule is Clc1cc(-c2ccncc2)cnc1Cl. The lowest BCUT2D eigenvalue weighted by Gasteiger charge is -2.01. The van der Waals surface area contributed by atoms with Crippen LogP contribution < -0.4 is 0 Å². The molecule has 0 N–H and O–H groups in total. The summed E-state index contributed by atoms with van der Waals surface area (Å²) in [5.74, 6) is 0. The van der Waals surface area contributed by atoms with E-state index < -0.39 is 0 Å². The van der Waals surface area contributed by atoms with Crippen molar-refractivity contribution in [1.29, 1.82) is 0 Å². The van der Waals surface area contributed by atoms with Crippen molar-refractivity contribution in [2.24, 2.45) is 0 Å². The molecule has 2 aromatic heterocycles. The molecule has 0 unspecified atom stereocenters. The minimum absolute atomic E-state index is 0.324. The van der Waals surface area contributed by atoms with Crippen molar-refractivity contribution in [2.75, 3.05) is 0 Å². The number of aromatic nitrogens is 2. The van der Waals surface area contributed by atoms with Gasteiger partial charge in [-0.1, -0.05) is 23.2 Å². The van der Waals surface area contributed by atoms with Gasteiger partial charge in [0.2, 0.25) is 0 Å². The third kappa shape index (κ3) is 1.86. The highest BCUT2D eigenvalue weighted by molar-refractivity contribution is 6.41. The highest BCUT2D eigenvalue weighted by Crippen LogP contribution is 2.25. The molecule has 0 aliphatic rings. The topological polar surface area (TPSA) is 25.8 Å². The van der Waals surface area contributed by atoms with Gasteiger partial charge in [0.25, 0.3) is 0 Å². The van der Waals surface area contributed by atoms with Gasteiger partial charge in [0, 0.05) is 24.2 Å². The van der Waals surface area contributed by atoms with E-state index in [-0.39, 0.29) is 0 Å². The predicted molar refractivity (Wildman–Crippen MR) is 57.5 cm³/mol. The lowest BCUT2D eigenvalue weighted by molar-refractivity contribution is 1.30. The number of nitrogens with zero attached hydrogens (tertiary/aromatic N) is 2. The van der Waals surface area contributed by atoms with Gasteiger partial charge in [-0.25, -0.2) is 4.98 Å². The number of hydrogen-bond acceptors (Lipinski definition) is 2. The van der Waals surface area contributed by atoms with E-state index in [0.717, 1.165) is 11.1 Å². The van der Waals surface area contributed by atoms with Gasteiger partial charge in [-0.3, -0.25) is 4.98 Å². The molecular weight excluding hydrogens is 219 g/mol. The lowest BCUT2D eigenvalue weighted by Crippen LogP contribution is -1.82. The first-order valence-corrected chi connectivity index (χ1v) is 4.74. The minimum Gasteiger partial charge on any atom is -0.265 e.